The van der Waals surface area contributed by atoms with Crippen LogP contribution in [0.2, 0.25) is 0 Å². The Morgan fingerprint density at radius 3 is 2.77 bits per heavy atom. The molecule has 1 heterocycles. The fraction of sp³-hybridized carbons (Fsp3) is 0.389. The standard InChI is InChI=1S/C18H24N6O2/c1-23(2)8-9-24-12-16(11-19-24)20-17(25)13-4-3-5-15(10-13)22-18(26)21-14-6-7-14/h3-5,10-12,14H,6-9H2,1-2H3,(H,20,25)(H2,21,22,26). The minimum atomic E-state index is -0.247. The normalized spacial score (nSPS) is 13.5. The molecule has 1 saturated carbocycles. The lowest BCUT2D eigenvalue weighted by Gasteiger charge is -2.09. The van der Waals surface area contributed by atoms with Crippen LogP contribution in [0.5, 0.6) is 0 Å². The Hall–Kier alpha value is -2.87. The summed E-state index contributed by atoms with van der Waals surface area (Å²) in [4.78, 5) is 26.3. The van der Waals surface area contributed by atoms with Crippen molar-refractivity contribution in [3.05, 3.63) is 42.2 Å². The minimum Gasteiger partial charge on any atom is -0.335 e. The molecule has 1 aromatic carbocycles. The smallest absolute Gasteiger partial charge is 0.319 e. The summed E-state index contributed by atoms with van der Waals surface area (Å²) in [6.07, 6.45) is 5.47. The SMILES string of the molecule is CN(C)CCn1cc(NC(=O)c2cccc(NC(=O)NC3CC3)c2)cn1. The summed E-state index contributed by atoms with van der Waals surface area (Å²) in [5.74, 6) is -0.247. The van der Waals surface area contributed by atoms with Gasteiger partial charge in [0.1, 0.15) is 0 Å². The zero-order chi connectivity index (χ0) is 18.5. The number of likely N-dealkylation sites (N-methyl/N-ethyl adjacent to an activating group) is 1. The van der Waals surface area contributed by atoms with E-state index in [0.29, 0.717) is 16.9 Å². The van der Waals surface area contributed by atoms with E-state index in [2.05, 4.69) is 25.9 Å². The molecule has 1 aromatic heterocycles. The van der Waals surface area contributed by atoms with E-state index in [4.69, 9.17) is 0 Å². The number of benzene rings is 1. The Kier molecular flexibility index (Phi) is 5.52. The number of amides is 3. The van der Waals surface area contributed by atoms with Gasteiger partial charge in [-0.15, -0.1) is 0 Å². The molecule has 3 rings (SSSR count). The summed E-state index contributed by atoms with van der Waals surface area (Å²) in [7, 11) is 4.00. The average molecular weight is 356 g/mol. The van der Waals surface area contributed by atoms with E-state index < -0.39 is 0 Å². The molecule has 8 heteroatoms. The second kappa shape index (κ2) is 8.01. The maximum atomic E-state index is 12.4. The molecular weight excluding hydrogens is 332 g/mol. The van der Waals surface area contributed by atoms with Crippen molar-refractivity contribution in [1.29, 1.82) is 0 Å². The van der Waals surface area contributed by atoms with Crippen LogP contribution in [0, 0.1) is 0 Å². The van der Waals surface area contributed by atoms with Gasteiger partial charge in [-0.1, -0.05) is 6.07 Å². The van der Waals surface area contributed by atoms with Crippen LogP contribution in [0.4, 0.5) is 16.2 Å². The Labute approximate surface area is 152 Å². The molecular formula is C18H24N6O2. The number of nitrogens with one attached hydrogen (secondary N) is 3. The van der Waals surface area contributed by atoms with Crippen molar-refractivity contribution < 1.29 is 9.59 Å². The summed E-state index contributed by atoms with van der Waals surface area (Å²) >= 11 is 0. The van der Waals surface area contributed by atoms with Gasteiger partial charge in [0.2, 0.25) is 0 Å². The third-order valence-electron chi connectivity index (χ3n) is 3.96. The number of rotatable bonds is 7. The van der Waals surface area contributed by atoms with Gasteiger partial charge in [0, 0.05) is 30.0 Å². The molecule has 0 atom stereocenters. The summed E-state index contributed by atoms with van der Waals surface area (Å²) in [5.41, 5.74) is 1.69. The van der Waals surface area contributed by atoms with Gasteiger partial charge in [0.05, 0.1) is 18.4 Å². The fourth-order valence-corrected chi connectivity index (χ4v) is 2.37. The van der Waals surface area contributed by atoms with Gasteiger partial charge < -0.3 is 20.9 Å². The Balaban J connectivity index is 1.57. The molecule has 1 fully saturated rings. The van der Waals surface area contributed by atoms with Crippen molar-refractivity contribution in [1.82, 2.24) is 20.0 Å². The molecule has 0 unspecified atom stereocenters. The highest BCUT2D eigenvalue weighted by Gasteiger charge is 2.23. The van der Waals surface area contributed by atoms with Gasteiger partial charge in [-0.3, -0.25) is 9.48 Å². The summed E-state index contributed by atoms with van der Waals surface area (Å²) in [6, 6.07) is 6.89. The van der Waals surface area contributed by atoms with Crippen LogP contribution in [0.15, 0.2) is 36.7 Å². The van der Waals surface area contributed by atoms with Gasteiger partial charge in [-0.05, 0) is 45.1 Å². The molecule has 0 bridgehead atoms. The first-order valence-corrected chi connectivity index (χ1v) is 8.66. The maximum absolute atomic E-state index is 12.4. The number of nitrogens with zero attached hydrogens (tertiary/aromatic N) is 3. The van der Waals surface area contributed by atoms with Crippen molar-refractivity contribution in [3.63, 3.8) is 0 Å². The number of urea groups is 1. The molecule has 0 spiro atoms. The number of aromatic nitrogens is 2. The molecule has 26 heavy (non-hydrogen) atoms. The van der Waals surface area contributed by atoms with E-state index >= 15 is 0 Å². The summed E-state index contributed by atoms with van der Waals surface area (Å²) < 4.78 is 1.79. The molecule has 138 valence electrons. The van der Waals surface area contributed by atoms with Crippen molar-refractivity contribution in [3.8, 4) is 0 Å². The lowest BCUT2D eigenvalue weighted by Crippen LogP contribution is -2.30. The predicted octanol–water partition coefficient (Wildman–Crippen LogP) is 1.98. The summed E-state index contributed by atoms with van der Waals surface area (Å²) in [5, 5.41) is 12.7. The van der Waals surface area contributed by atoms with Gasteiger partial charge >= 0.3 is 6.03 Å². The highest BCUT2D eigenvalue weighted by Crippen LogP contribution is 2.19. The second-order valence-electron chi connectivity index (χ2n) is 6.70. The van der Waals surface area contributed by atoms with Crippen LogP contribution in [-0.2, 0) is 6.54 Å². The van der Waals surface area contributed by atoms with Crippen LogP contribution in [0.3, 0.4) is 0 Å². The van der Waals surface area contributed by atoms with Gasteiger partial charge in [0.25, 0.3) is 5.91 Å². The third kappa shape index (κ3) is 5.32. The van der Waals surface area contributed by atoms with Gasteiger partial charge in [-0.2, -0.15) is 5.10 Å². The lowest BCUT2D eigenvalue weighted by atomic mass is 10.2. The number of anilines is 2. The van der Waals surface area contributed by atoms with E-state index in [0.717, 1.165) is 25.9 Å². The van der Waals surface area contributed by atoms with E-state index in [9.17, 15) is 9.59 Å². The van der Waals surface area contributed by atoms with Crippen LogP contribution in [0.1, 0.15) is 23.2 Å². The Morgan fingerprint density at radius 1 is 1.23 bits per heavy atom. The van der Waals surface area contributed by atoms with Gasteiger partial charge in [0.15, 0.2) is 0 Å². The first-order chi connectivity index (χ1) is 12.5. The molecule has 0 radical (unpaired) electrons. The minimum absolute atomic E-state index is 0.243. The van der Waals surface area contributed by atoms with E-state index in [-0.39, 0.29) is 18.0 Å². The first-order valence-electron chi connectivity index (χ1n) is 8.66. The lowest BCUT2D eigenvalue weighted by molar-refractivity contribution is 0.102. The molecule has 0 saturated heterocycles. The monoisotopic (exact) mass is 356 g/mol. The number of carbonyl (C=O) groups is 2. The number of carbonyl (C=O) groups excluding carboxylic acids is 2. The zero-order valence-electron chi connectivity index (χ0n) is 15.0. The third-order valence-corrected chi connectivity index (χ3v) is 3.96. The van der Waals surface area contributed by atoms with Crippen LogP contribution < -0.4 is 16.0 Å². The zero-order valence-corrected chi connectivity index (χ0v) is 15.0. The maximum Gasteiger partial charge on any atom is 0.319 e. The molecule has 3 amide bonds. The highest BCUT2D eigenvalue weighted by molar-refractivity contribution is 6.05. The largest absolute Gasteiger partial charge is 0.335 e. The van der Waals surface area contributed by atoms with Crippen LogP contribution >= 0.6 is 0 Å². The van der Waals surface area contributed by atoms with Crippen molar-refractivity contribution >= 4 is 23.3 Å². The fourth-order valence-electron chi connectivity index (χ4n) is 2.37. The van der Waals surface area contributed by atoms with Crippen LogP contribution in [-0.4, -0.2) is 53.3 Å². The molecule has 2 aromatic rings. The van der Waals surface area contributed by atoms with E-state index in [1.165, 1.54) is 0 Å². The average Bonchev–Trinajstić information content (AvgIpc) is 3.29. The Morgan fingerprint density at radius 2 is 2.04 bits per heavy atom. The van der Waals surface area contributed by atoms with Gasteiger partial charge in [-0.25, -0.2) is 4.79 Å². The molecule has 8 nitrogen and oxygen atoms in total. The van der Waals surface area contributed by atoms with E-state index in [1.807, 2.05) is 14.1 Å². The molecule has 3 N–H and O–H groups in total. The summed E-state index contributed by atoms with van der Waals surface area (Å²) in [6.45, 7) is 1.62. The molecule has 1 aliphatic rings. The molecule has 1 aliphatic carbocycles. The van der Waals surface area contributed by atoms with Crippen molar-refractivity contribution in [2.75, 3.05) is 31.3 Å². The number of hydrogen-bond acceptors (Lipinski definition) is 4. The molecule has 0 aliphatic heterocycles. The highest BCUT2D eigenvalue weighted by atomic mass is 16.2. The van der Waals surface area contributed by atoms with Crippen molar-refractivity contribution in [2.45, 2.75) is 25.4 Å². The quantitative estimate of drug-likeness (QED) is 0.707. The second-order valence-corrected chi connectivity index (χ2v) is 6.70. The predicted molar refractivity (Wildman–Crippen MR) is 100 cm³/mol. The first kappa shape index (κ1) is 17.9. The van der Waals surface area contributed by atoms with E-state index in [1.54, 1.807) is 41.3 Å². The topological polar surface area (TPSA) is 91.3 Å². The van der Waals surface area contributed by atoms with Crippen LogP contribution in [0.25, 0.3) is 0 Å². The van der Waals surface area contributed by atoms with Crippen molar-refractivity contribution in [2.24, 2.45) is 0 Å². The Bertz CT molecular complexity index is 781. The number of hydrogen-bond donors (Lipinski definition) is 3.